The highest BCUT2D eigenvalue weighted by Gasteiger charge is 2.36. The Morgan fingerprint density at radius 2 is 2.06 bits per heavy atom. The summed E-state index contributed by atoms with van der Waals surface area (Å²) in [6, 6.07) is 3.74. The fourth-order valence-electron chi connectivity index (χ4n) is 3.02. The lowest BCUT2D eigenvalue weighted by atomic mass is 10.00. The number of ether oxygens (including phenoxy) is 1. The van der Waals surface area contributed by atoms with Crippen molar-refractivity contribution in [2.45, 2.75) is 37.6 Å². The van der Waals surface area contributed by atoms with E-state index in [1.807, 2.05) is 0 Å². The van der Waals surface area contributed by atoms with E-state index in [0.717, 1.165) is 12.1 Å². The molecule has 0 bridgehead atoms. The fourth-order valence-corrected chi connectivity index (χ4v) is 3.14. The Kier molecular flexibility index (Phi) is 7.56. The number of aromatic nitrogens is 1. The Labute approximate surface area is 184 Å². The van der Waals surface area contributed by atoms with Crippen molar-refractivity contribution >= 4 is 23.4 Å². The van der Waals surface area contributed by atoms with Gasteiger partial charge in [0.15, 0.2) is 6.61 Å². The number of hydrogen-bond donors (Lipinski definition) is 3. The molecule has 2 heterocycles. The number of hydrogen-bond acceptors (Lipinski definition) is 6. The monoisotopic (exact) mass is 478 g/mol. The summed E-state index contributed by atoms with van der Waals surface area (Å²) in [4.78, 5) is 24.2. The van der Waals surface area contributed by atoms with Crippen LogP contribution in [0.4, 0.5) is 17.6 Å². The number of halogens is 5. The van der Waals surface area contributed by atoms with E-state index in [1.54, 1.807) is 0 Å². The van der Waals surface area contributed by atoms with E-state index in [0.29, 0.717) is 19.4 Å². The number of benzene rings is 1. The van der Waals surface area contributed by atoms with Crippen molar-refractivity contribution in [3.63, 3.8) is 0 Å². The molecule has 0 radical (unpaired) electrons. The zero-order chi connectivity index (χ0) is 23.3. The molecule has 8 nitrogen and oxygen atoms in total. The second-order valence-electron chi connectivity index (χ2n) is 7.07. The summed E-state index contributed by atoms with van der Waals surface area (Å²) in [5.74, 6) is -2.55. The quantitative estimate of drug-likeness (QED) is 0.528. The highest BCUT2D eigenvalue weighted by molar-refractivity contribution is 6.30. The van der Waals surface area contributed by atoms with Crippen molar-refractivity contribution in [2.24, 2.45) is 0 Å². The van der Waals surface area contributed by atoms with E-state index in [-0.39, 0.29) is 35.7 Å². The van der Waals surface area contributed by atoms with Gasteiger partial charge in [-0.15, -0.1) is 0 Å². The summed E-state index contributed by atoms with van der Waals surface area (Å²) >= 11 is 5.58. The number of piperidine rings is 1. The molecule has 1 aliphatic rings. The van der Waals surface area contributed by atoms with Crippen LogP contribution in [-0.2, 0) is 22.3 Å². The zero-order valence-corrected chi connectivity index (χ0v) is 17.2. The minimum atomic E-state index is -4.64. The van der Waals surface area contributed by atoms with E-state index in [2.05, 4.69) is 25.6 Å². The van der Waals surface area contributed by atoms with Crippen LogP contribution >= 0.6 is 11.6 Å². The Morgan fingerprint density at radius 1 is 1.28 bits per heavy atom. The third-order valence-corrected chi connectivity index (χ3v) is 4.95. The molecule has 2 unspecified atom stereocenters. The predicted molar refractivity (Wildman–Crippen MR) is 103 cm³/mol. The molecule has 174 valence electrons. The SMILES string of the molecule is O=C(COc1ccc(Cl)c(F)c1)NC1CCC(C(=O)NCc2cc(C(F)(F)F)on2)NC1. The molecular formula is C19H19ClF4N4O4. The van der Waals surface area contributed by atoms with Gasteiger partial charge in [0.25, 0.3) is 5.91 Å². The van der Waals surface area contributed by atoms with Gasteiger partial charge in [-0.3, -0.25) is 9.59 Å². The fraction of sp³-hybridized carbons (Fsp3) is 0.421. The summed E-state index contributed by atoms with van der Waals surface area (Å²) in [6.07, 6.45) is -3.75. The first-order chi connectivity index (χ1) is 15.1. The molecule has 2 amide bonds. The average Bonchev–Trinajstić information content (AvgIpc) is 3.23. The van der Waals surface area contributed by atoms with Gasteiger partial charge in [0, 0.05) is 24.7 Å². The Bertz CT molecular complexity index is 961. The van der Waals surface area contributed by atoms with Gasteiger partial charge < -0.3 is 25.2 Å². The zero-order valence-electron chi connectivity index (χ0n) is 16.5. The molecule has 32 heavy (non-hydrogen) atoms. The van der Waals surface area contributed by atoms with Gasteiger partial charge in [-0.1, -0.05) is 16.8 Å². The number of carbonyl (C=O) groups excluding carboxylic acids is 2. The first-order valence-electron chi connectivity index (χ1n) is 9.53. The Balaban J connectivity index is 1.36. The van der Waals surface area contributed by atoms with E-state index in [4.69, 9.17) is 16.3 Å². The van der Waals surface area contributed by atoms with Gasteiger partial charge in [-0.05, 0) is 25.0 Å². The number of nitrogens with zero attached hydrogens (tertiary/aromatic N) is 1. The molecule has 1 saturated heterocycles. The second kappa shape index (κ2) is 10.2. The van der Waals surface area contributed by atoms with Gasteiger partial charge in [0.1, 0.15) is 17.3 Å². The summed E-state index contributed by atoms with van der Waals surface area (Å²) in [5.41, 5.74) is -0.0489. The first-order valence-corrected chi connectivity index (χ1v) is 9.90. The highest BCUT2D eigenvalue weighted by atomic mass is 35.5. The summed E-state index contributed by atoms with van der Waals surface area (Å²) in [5, 5.41) is 11.4. The minimum absolute atomic E-state index is 0.0489. The molecule has 3 rings (SSSR count). The van der Waals surface area contributed by atoms with Crippen LogP contribution in [0.2, 0.25) is 5.02 Å². The molecule has 2 atom stereocenters. The molecular weight excluding hydrogens is 460 g/mol. The maximum absolute atomic E-state index is 13.4. The average molecular weight is 479 g/mol. The molecule has 1 aromatic heterocycles. The summed E-state index contributed by atoms with van der Waals surface area (Å²) in [6.45, 7) is -0.222. The number of rotatable bonds is 7. The normalized spacial score (nSPS) is 18.8. The van der Waals surface area contributed by atoms with Gasteiger partial charge in [-0.25, -0.2) is 4.39 Å². The van der Waals surface area contributed by atoms with Gasteiger partial charge in [0.05, 0.1) is 17.6 Å². The molecule has 1 aliphatic heterocycles. The van der Waals surface area contributed by atoms with E-state index in [1.165, 1.54) is 12.1 Å². The lowest BCUT2D eigenvalue weighted by Crippen LogP contribution is -2.54. The smallest absolute Gasteiger partial charge is 0.452 e. The van der Waals surface area contributed by atoms with Crippen molar-refractivity contribution in [1.82, 2.24) is 21.1 Å². The molecule has 0 saturated carbocycles. The number of nitrogens with one attached hydrogen (secondary N) is 3. The lowest BCUT2D eigenvalue weighted by molar-refractivity contribution is -0.155. The number of carbonyl (C=O) groups is 2. The van der Waals surface area contributed by atoms with Crippen LogP contribution in [0, 0.1) is 5.82 Å². The van der Waals surface area contributed by atoms with Crippen LogP contribution in [-0.4, -0.2) is 42.2 Å². The standard InChI is InChI=1S/C19H19ClF4N4O4/c20-13-3-2-12(6-14(13)21)31-9-17(29)27-10-1-4-15(25-7-10)18(30)26-8-11-5-16(32-28-11)19(22,23)24/h2-3,5-6,10,15,25H,1,4,7-9H2,(H,26,30)(H,27,29). The topological polar surface area (TPSA) is 105 Å². The molecule has 0 spiro atoms. The van der Waals surface area contributed by atoms with Crippen molar-refractivity contribution in [3.05, 3.63) is 46.6 Å². The van der Waals surface area contributed by atoms with E-state index in [9.17, 15) is 27.2 Å². The number of amides is 2. The Hall–Kier alpha value is -2.86. The van der Waals surface area contributed by atoms with E-state index >= 15 is 0 Å². The number of alkyl halides is 3. The van der Waals surface area contributed by atoms with Crippen LogP contribution in [0.15, 0.2) is 28.8 Å². The second-order valence-corrected chi connectivity index (χ2v) is 7.47. The van der Waals surface area contributed by atoms with Crippen LogP contribution in [0.5, 0.6) is 5.75 Å². The van der Waals surface area contributed by atoms with Crippen LogP contribution in [0.1, 0.15) is 24.3 Å². The Morgan fingerprint density at radius 3 is 2.69 bits per heavy atom. The molecule has 1 fully saturated rings. The van der Waals surface area contributed by atoms with Crippen molar-refractivity contribution in [3.8, 4) is 5.75 Å². The maximum atomic E-state index is 13.4. The van der Waals surface area contributed by atoms with Crippen molar-refractivity contribution < 1.29 is 36.4 Å². The van der Waals surface area contributed by atoms with Crippen LogP contribution in [0.25, 0.3) is 0 Å². The summed E-state index contributed by atoms with van der Waals surface area (Å²) < 4.78 is 60.3. The van der Waals surface area contributed by atoms with E-state index < -0.39 is 35.6 Å². The van der Waals surface area contributed by atoms with Gasteiger partial charge in [0.2, 0.25) is 11.7 Å². The van der Waals surface area contributed by atoms with Gasteiger partial charge >= 0.3 is 6.18 Å². The third-order valence-electron chi connectivity index (χ3n) is 4.64. The highest BCUT2D eigenvalue weighted by Crippen LogP contribution is 2.29. The van der Waals surface area contributed by atoms with Crippen molar-refractivity contribution in [2.75, 3.05) is 13.2 Å². The lowest BCUT2D eigenvalue weighted by Gasteiger charge is -2.29. The largest absolute Gasteiger partial charge is 0.484 e. The summed E-state index contributed by atoms with van der Waals surface area (Å²) in [7, 11) is 0. The molecule has 13 heteroatoms. The van der Waals surface area contributed by atoms with Gasteiger partial charge in [-0.2, -0.15) is 13.2 Å². The van der Waals surface area contributed by atoms with Crippen molar-refractivity contribution in [1.29, 1.82) is 0 Å². The molecule has 3 N–H and O–H groups in total. The molecule has 0 aliphatic carbocycles. The van der Waals surface area contributed by atoms with Crippen LogP contribution < -0.4 is 20.7 Å². The molecule has 2 aromatic rings. The predicted octanol–water partition coefficient (Wildman–Crippen LogP) is 2.42. The first kappa shape index (κ1) is 23.8. The third kappa shape index (κ3) is 6.57. The van der Waals surface area contributed by atoms with Crippen LogP contribution in [0.3, 0.4) is 0 Å². The maximum Gasteiger partial charge on any atom is 0.452 e. The molecule has 1 aromatic carbocycles. The minimum Gasteiger partial charge on any atom is -0.484 e.